The van der Waals surface area contributed by atoms with Crippen LogP contribution in [0.2, 0.25) is 0 Å². The molecule has 1 heterocycles. The van der Waals surface area contributed by atoms with E-state index in [1.54, 1.807) is 24.7 Å². The van der Waals surface area contributed by atoms with E-state index in [1.165, 1.54) is 0 Å². The van der Waals surface area contributed by atoms with Gasteiger partial charge in [-0.1, -0.05) is 0 Å². The van der Waals surface area contributed by atoms with E-state index >= 15 is 0 Å². The third-order valence-electron chi connectivity index (χ3n) is 2.22. The number of hydrogen-bond donors (Lipinski definition) is 3. The molecule has 3 N–H and O–H groups in total. The van der Waals surface area contributed by atoms with Crippen LogP contribution in [-0.2, 0) is 20.3 Å². The van der Waals surface area contributed by atoms with Gasteiger partial charge < -0.3 is 39.3 Å². The molecule has 0 saturated carbocycles. The Morgan fingerprint density at radius 2 is 1.86 bits per heavy atom. The van der Waals surface area contributed by atoms with Crippen LogP contribution in [0, 0.1) is 6.92 Å². The lowest BCUT2D eigenvalue weighted by Gasteiger charge is -2.07. The maximum absolute atomic E-state index is 9.60. The fourth-order valence-electron chi connectivity index (χ4n) is 1.26. The minimum atomic E-state index is -0.261. The van der Waals surface area contributed by atoms with Gasteiger partial charge in [0, 0.05) is 12.5 Å². The molecule has 0 aliphatic rings. The predicted octanol–water partition coefficient (Wildman–Crippen LogP) is -3.49. The smallest absolute Gasteiger partial charge is 0.220 e. The minimum Gasteiger partial charge on any atom is -1.00 e. The number of aliphatic hydroxyl groups excluding tert-OH is 2. The van der Waals surface area contributed by atoms with Gasteiger partial charge in [-0.25, -0.2) is 4.57 Å². The van der Waals surface area contributed by atoms with Crippen molar-refractivity contribution in [2.24, 2.45) is 7.05 Å². The van der Waals surface area contributed by atoms with Gasteiger partial charge in [-0.2, -0.15) is 0 Å². The Kier molecular flexibility index (Phi) is 5.32. The monoisotopic (exact) mass is 311 g/mol. The zero-order valence-electron chi connectivity index (χ0n) is 8.16. The number of halogens is 1. The van der Waals surface area contributed by atoms with Crippen molar-refractivity contribution in [2.45, 2.75) is 20.1 Å². The fraction of sp³-hybridized carbons (Fsp3) is 0.444. The Hall–Kier alpha value is -0.400. The molecule has 5 heteroatoms. The summed E-state index contributed by atoms with van der Waals surface area (Å²) in [6.45, 7) is 1.30. The number of hydrogen-bond acceptors (Lipinski definition) is 3. The van der Waals surface area contributed by atoms with Gasteiger partial charge in [-0.05, 0) is 0 Å². The van der Waals surface area contributed by atoms with Crippen LogP contribution < -0.4 is 28.5 Å². The van der Waals surface area contributed by atoms with Crippen molar-refractivity contribution in [3.63, 3.8) is 0 Å². The van der Waals surface area contributed by atoms with Crippen molar-refractivity contribution in [2.75, 3.05) is 0 Å². The topological polar surface area (TPSA) is 64.6 Å². The minimum absolute atomic E-state index is 0. The third-order valence-corrected chi connectivity index (χ3v) is 2.22. The van der Waals surface area contributed by atoms with Gasteiger partial charge in [0.15, 0.2) is 11.9 Å². The van der Waals surface area contributed by atoms with Gasteiger partial charge in [0.25, 0.3) is 0 Å². The molecule has 1 aromatic rings. The van der Waals surface area contributed by atoms with E-state index in [9.17, 15) is 5.11 Å². The van der Waals surface area contributed by atoms with Crippen molar-refractivity contribution < 1.29 is 43.9 Å². The van der Waals surface area contributed by atoms with E-state index in [2.05, 4.69) is 0 Å². The SMILES string of the molecule is Cc1c(O)c(CO)c(CO)c[n+]1C.[I-]. The van der Waals surface area contributed by atoms with E-state index < -0.39 is 0 Å². The largest absolute Gasteiger partial charge is 1.00 e. The molecular formula is C9H14INO3. The number of aliphatic hydroxyl groups is 2. The molecule has 0 saturated heterocycles. The van der Waals surface area contributed by atoms with Crippen molar-refractivity contribution >= 4 is 0 Å². The summed E-state index contributed by atoms with van der Waals surface area (Å²) in [4.78, 5) is 0. The second-order valence-corrected chi connectivity index (χ2v) is 2.99. The first kappa shape index (κ1) is 13.6. The highest BCUT2D eigenvalue weighted by Crippen LogP contribution is 2.22. The van der Waals surface area contributed by atoms with Gasteiger partial charge in [-0.15, -0.1) is 0 Å². The summed E-state index contributed by atoms with van der Waals surface area (Å²) in [7, 11) is 1.77. The molecule has 0 radical (unpaired) electrons. The van der Waals surface area contributed by atoms with E-state index in [-0.39, 0.29) is 42.9 Å². The van der Waals surface area contributed by atoms with Crippen LogP contribution in [0.25, 0.3) is 0 Å². The van der Waals surface area contributed by atoms with Crippen molar-refractivity contribution in [1.82, 2.24) is 0 Å². The van der Waals surface area contributed by atoms with Crippen LogP contribution in [-0.4, -0.2) is 15.3 Å². The summed E-state index contributed by atoms with van der Waals surface area (Å²) >= 11 is 0. The first-order chi connectivity index (χ1) is 6.11. The van der Waals surface area contributed by atoms with Gasteiger partial charge in [0.1, 0.15) is 7.05 Å². The van der Waals surface area contributed by atoms with Crippen LogP contribution in [0.4, 0.5) is 0 Å². The molecule has 0 spiro atoms. The van der Waals surface area contributed by atoms with Crippen LogP contribution in [0.1, 0.15) is 16.8 Å². The summed E-state index contributed by atoms with van der Waals surface area (Å²) in [6.07, 6.45) is 1.70. The summed E-state index contributed by atoms with van der Waals surface area (Å²) in [5, 5.41) is 27.5. The molecular weight excluding hydrogens is 297 g/mol. The molecule has 0 aromatic carbocycles. The lowest BCUT2D eigenvalue weighted by molar-refractivity contribution is -0.678. The molecule has 1 aromatic heterocycles. The zero-order valence-corrected chi connectivity index (χ0v) is 10.3. The normalized spacial score (nSPS) is 9.71. The first-order valence-electron chi connectivity index (χ1n) is 4.03. The second kappa shape index (κ2) is 5.47. The number of pyridine rings is 1. The Morgan fingerprint density at radius 1 is 1.29 bits per heavy atom. The third kappa shape index (κ3) is 2.34. The molecule has 0 atom stereocenters. The Morgan fingerprint density at radius 3 is 2.29 bits per heavy atom. The fourth-order valence-corrected chi connectivity index (χ4v) is 1.26. The van der Waals surface area contributed by atoms with E-state index in [1.807, 2.05) is 0 Å². The highest BCUT2D eigenvalue weighted by Gasteiger charge is 2.17. The molecule has 0 amide bonds. The Labute approximate surface area is 99.8 Å². The van der Waals surface area contributed by atoms with Gasteiger partial charge in [0.2, 0.25) is 5.69 Å². The Bertz CT molecular complexity index is 328. The molecule has 4 nitrogen and oxygen atoms in total. The van der Waals surface area contributed by atoms with E-state index in [4.69, 9.17) is 10.2 Å². The summed E-state index contributed by atoms with van der Waals surface area (Å²) in [5.41, 5.74) is 1.62. The maximum atomic E-state index is 9.60. The number of aryl methyl sites for hydroxylation is 1. The van der Waals surface area contributed by atoms with Gasteiger partial charge in [-0.3, -0.25) is 0 Å². The number of aromatic hydroxyl groups is 1. The highest BCUT2D eigenvalue weighted by atomic mass is 127. The van der Waals surface area contributed by atoms with Gasteiger partial charge >= 0.3 is 0 Å². The van der Waals surface area contributed by atoms with Gasteiger partial charge in [0.05, 0.1) is 18.8 Å². The van der Waals surface area contributed by atoms with Crippen LogP contribution in [0.5, 0.6) is 5.75 Å². The summed E-state index contributed by atoms with van der Waals surface area (Å²) in [5.74, 6) is 0.0524. The van der Waals surface area contributed by atoms with Crippen molar-refractivity contribution in [3.8, 4) is 5.75 Å². The lowest BCUT2D eigenvalue weighted by atomic mass is 10.1. The highest BCUT2D eigenvalue weighted by molar-refractivity contribution is 5.37. The molecule has 80 valence electrons. The maximum Gasteiger partial charge on any atom is 0.220 e. The summed E-state index contributed by atoms with van der Waals surface area (Å²) < 4.78 is 1.71. The molecule has 0 aliphatic carbocycles. The molecule has 0 fully saturated rings. The second-order valence-electron chi connectivity index (χ2n) is 2.99. The van der Waals surface area contributed by atoms with Crippen molar-refractivity contribution in [1.29, 1.82) is 0 Å². The predicted molar refractivity (Wildman–Crippen MR) is 45.9 cm³/mol. The average molecular weight is 311 g/mol. The van der Waals surface area contributed by atoms with Crippen LogP contribution >= 0.6 is 0 Å². The van der Waals surface area contributed by atoms with E-state index in [0.717, 1.165) is 0 Å². The standard InChI is InChI=1S/C9H13NO3.HI/c1-6-9(13)8(5-12)7(4-11)3-10(6)2;/h3,11-12H,4-5H2,1-2H3;1H. The number of rotatable bonds is 2. The molecule has 0 bridgehead atoms. The first-order valence-corrected chi connectivity index (χ1v) is 4.03. The molecule has 0 unspecified atom stereocenters. The number of aromatic nitrogens is 1. The quantitative estimate of drug-likeness (QED) is 0.393. The molecule has 14 heavy (non-hydrogen) atoms. The average Bonchev–Trinajstić information content (AvgIpc) is 2.13. The Balaban J connectivity index is 0.00000169. The van der Waals surface area contributed by atoms with E-state index in [0.29, 0.717) is 16.8 Å². The summed E-state index contributed by atoms with van der Waals surface area (Å²) in [6, 6.07) is 0. The molecule has 1 rings (SSSR count). The molecule has 0 aliphatic heterocycles. The number of nitrogens with zero attached hydrogens (tertiary/aromatic N) is 1. The zero-order chi connectivity index (χ0) is 10.0. The van der Waals surface area contributed by atoms with Crippen molar-refractivity contribution in [3.05, 3.63) is 23.0 Å². The van der Waals surface area contributed by atoms with Crippen LogP contribution in [0.15, 0.2) is 6.20 Å². The van der Waals surface area contributed by atoms with Crippen LogP contribution in [0.3, 0.4) is 0 Å². The lowest BCUT2D eigenvalue weighted by Crippen LogP contribution is -3.00.